The van der Waals surface area contributed by atoms with Crippen LogP contribution in [0.1, 0.15) is 27.2 Å². The zero-order chi connectivity index (χ0) is 20.2. The molecule has 2 aromatic carbocycles. The van der Waals surface area contributed by atoms with Crippen molar-refractivity contribution in [2.75, 3.05) is 6.54 Å². The molecule has 0 fully saturated rings. The highest BCUT2D eigenvalue weighted by Crippen LogP contribution is 2.23. The van der Waals surface area contributed by atoms with Crippen molar-refractivity contribution in [1.29, 1.82) is 0 Å². The fourth-order valence-corrected chi connectivity index (χ4v) is 3.45. The molecule has 0 saturated heterocycles. The molecule has 0 bridgehead atoms. The van der Waals surface area contributed by atoms with E-state index in [2.05, 4.69) is 10.3 Å². The summed E-state index contributed by atoms with van der Waals surface area (Å²) in [4.78, 5) is 15.8. The van der Waals surface area contributed by atoms with Crippen molar-refractivity contribution in [2.45, 2.75) is 20.0 Å². The quantitative estimate of drug-likeness (QED) is 0.437. The number of furan rings is 1. The van der Waals surface area contributed by atoms with Crippen LogP contribution in [0.3, 0.4) is 0 Å². The number of aryl methyl sites for hydroxylation is 1. The third-order valence-corrected chi connectivity index (χ3v) is 5.09. The largest absolute Gasteiger partial charge is 0.485 e. The lowest BCUT2D eigenvalue weighted by atomic mass is 10.1. The standard InChI is InChI=1S/C23H21ClN2O3/c1-15-4-2-3-5-21(15)29-14-22-18(9-11-28-22)23(27)25-10-8-16-13-26-20-7-6-17(24)12-19(16)20/h2-7,9,11-13,26H,8,10,14H2,1H3,(H,25,27). The lowest BCUT2D eigenvalue weighted by Gasteiger charge is -2.09. The van der Waals surface area contributed by atoms with E-state index in [1.165, 1.54) is 6.26 Å². The van der Waals surface area contributed by atoms with E-state index < -0.39 is 0 Å². The Labute approximate surface area is 173 Å². The number of fused-ring (bicyclic) bond motifs is 1. The van der Waals surface area contributed by atoms with Gasteiger partial charge in [-0.15, -0.1) is 0 Å². The number of halogens is 1. The number of aromatic nitrogens is 1. The summed E-state index contributed by atoms with van der Waals surface area (Å²) in [5.41, 5.74) is 3.66. The maximum Gasteiger partial charge on any atom is 0.254 e. The molecule has 0 aliphatic carbocycles. The fourth-order valence-electron chi connectivity index (χ4n) is 3.28. The summed E-state index contributed by atoms with van der Waals surface area (Å²) in [5, 5.41) is 4.72. The number of hydrogen-bond acceptors (Lipinski definition) is 3. The molecule has 2 N–H and O–H groups in total. The van der Waals surface area contributed by atoms with Crippen LogP contribution in [0.2, 0.25) is 5.02 Å². The first-order valence-electron chi connectivity index (χ1n) is 9.40. The molecule has 0 aliphatic heterocycles. The number of benzene rings is 2. The summed E-state index contributed by atoms with van der Waals surface area (Å²) in [6.45, 7) is 2.67. The van der Waals surface area contributed by atoms with Crippen LogP contribution in [-0.4, -0.2) is 17.4 Å². The minimum atomic E-state index is -0.181. The predicted octanol–water partition coefficient (Wildman–Crippen LogP) is 5.27. The Hall–Kier alpha value is -3.18. The number of aromatic amines is 1. The minimum absolute atomic E-state index is 0.181. The molecule has 1 amide bonds. The van der Waals surface area contributed by atoms with Crippen LogP contribution in [0.4, 0.5) is 0 Å². The Morgan fingerprint density at radius 3 is 2.93 bits per heavy atom. The first kappa shape index (κ1) is 19.2. The number of carbonyl (C=O) groups excluding carboxylic acids is 1. The number of para-hydroxylation sites is 1. The van der Waals surface area contributed by atoms with Crippen molar-refractivity contribution >= 4 is 28.4 Å². The second kappa shape index (κ2) is 8.45. The van der Waals surface area contributed by atoms with Crippen molar-refractivity contribution < 1.29 is 13.9 Å². The first-order chi connectivity index (χ1) is 14.1. The molecular weight excluding hydrogens is 388 g/mol. The minimum Gasteiger partial charge on any atom is -0.485 e. The van der Waals surface area contributed by atoms with E-state index in [9.17, 15) is 4.79 Å². The van der Waals surface area contributed by atoms with E-state index in [0.717, 1.165) is 27.8 Å². The van der Waals surface area contributed by atoms with Crippen molar-refractivity contribution in [3.8, 4) is 5.75 Å². The van der Waals surface area contributed by atoms with E-state index >= 15 is 0 Å². The van der Waals surface area contributed by atoms with Crippen molar-refractivity contribution in [3.63, 3.8) is 0 Å². The summed E-state index contributed by atoms with van der Waals surface area (Å²) < 4.78 is 11.3. The van der Waals surface area contributed by atoms with Crippen LogP contribution < -0.4 is 10.1 Å². The maximum absolute atomic E-state index is 12.6. The number of hydrogen-bond donors (Lipinski definition) is 2. The molecule has 2 aromatic heterocycles. The molecule has 0 unspecified atom stereocenters. The van der Waals surface area contributed by atoms with Crippen molar-refractivity contribution in [2.24, 2.45) is 0 Å². The van der Waals surface area contributed by atoms with Gasteiger partial charge in [0.25, 0.3) is 5.91 Å². The molecule has 5 nitrogen and oxygen atoms in total. The van der Waals surface area contributed by atoms with Crippen LogP contribution in [0, 0.1) is 6.92 Å². The van der Waals surface area contributed by atoms with Crippen molar-refractivity contribution in [1.82, 2.24) is 10.3 Å². The average Bonchev–Trinajstić information content (AvgIpc) is 3.34. The van der Waals surface area contributed by atoms with E-state index in [4.69, 9.17) is 20.8 Å². The fraction of sp³-hybridized carbons (Fsp3) is 0.174. The van der Waals surface area contributed by atoms with Gasteiger partial charge in [0.1, 0.15) is 12.4 Å². The Bertz CT molecular complexity index is 1150. The highest BCUT2D eigenvalue weighted by molar-refractivity contribution is 6.31. The normalized spacial score (nSPS) is 11.0. The zero-order valence-electron chi connectivity index (χ0n) is 16.0. The van der Waals surface area contributed by atoms with Gasteiger partial charge in [0.15, 0.2) is 5.76 Å². The number of nitrogens with one attached hydrogen (secondary N) is 2. The van der Waals surface area contributed by atoms with Gasteiger partial charge in [-0.3, -0.25) is 4.79 Å². The summed E-state index contributed by atoms with van der Waals surface area (Å²) in [5.74, 6) is 1.10. The van der Waals surface area contributed by atoms with Crippen LogP contribution in [-0.2, 0) is 13.0 Å². The third kappa shape index (κ3) is 4.30. The Balaban J connectivity index is 1.36. The van der Waals surface area contributed by atoms with Crippen LogP contribution >= 0.6 is 11.6 Å². The molecule has 4 aromatic rings. The maximum atomic E-state index is 12.6. The summed E-state index contributed by atoms with van der Waals surface area (Å²) >= 11 is 6.09. The smallest absolute Gasteiger partial charge is 0.254 e. The summed E-state index contributed by atoms with van der Waals surface area (Å²) in [6, 6.07) is 15.1. The molecule has 4 rings (SSSR count). The molecule has 148 valence electrons. The molecule has 0 radical (unpaired) electrons. The Kier molecular flexibility index (Phi) is 5.58. The number of rotatable bonds is 7. The summed E-state index contributed by atoms with van der Waals surface area (Å²) in [6.07, 6.45) is 4.15. The second-order valence-corrected chi connectivity index (χ2v) is 7.26. The van der Waals surface area contributed by atoms with Gasteiger partial charge >= 0.3 is 0 Å². The lowest BCUT2D eigenvalue weighted by molar-refractivity contribution is 0.0949. The molecule has 29 heavy (non-hydrogen) atoms. The highest BCUT2D eigenvalue weighted by atomic mass is 35.5. The topological polar surface area (TPSA) is 67.3 Å². The van der Waals surface area contributed by atoms with Gasteiger partial charge in [0, 0.05) is 28.7 Å². The monoisotopic (exact) mass is 408 g/mol. The van der Waals surface area contributed by atoms with E-state index in [1.807, 2.05) is 55.6 Å². The molecule has 0 atom stereocenters. The van der Waals surface area contributed by atoms with Gasteiger partial charge in [0.05, 0.1) is 11.8 Å². The predicted molar refractivity (Wildman–Crippen MR) is 114 cm³/mol. The molecular formula is C23H21ClN2O3. The van der Waals surface area contributed by atoms with Gasteiger partial charge in [-0.25, -0.2) is 0 Å². The number of H-pyrrole nitrogens is 1. The third-order valence-electron chi connectivity index (χ3n) is 4.85. The van der Waals surface area contributed by atoms with E-state index in [-0.39, 0.29) is 12.5 Å². The molecule has 0 spiro atoms. The molecule has 0 saturated carbocycles. The summed E-state index contributed by atoms with van der Waals surface area (Å²) in [7, 11) is 0. The van der Waals surface area contributed by atoms with E-state index in [1.54, 1.807) is 6.07 Å². The second-order valence-electron chi connectivity index (χ2n) is 6.82. The Morgan fingerprint density at radius 1 is 1.21 bits per heavy atom. The average molecular weight is 409 g/mol. The lowest BCUT2D eigenvalue weighted by Crippen LogP contribution is -2.26. The van der Waals surface area contributed by atoms with Gasteiger partial charge in [-0.1, -0.05) is 29.8 Å². The van der Waals surface area contributed by atoms with Crippen LogP contribution in [0.15, 0.2) is 65.4 Å². The molecule has 6 heteroatoms. The zero-order valence-corrected chi connectivity index (χ0v) is 16.8. The van der Waals surface area contributed by atoms with Crippen LogP contribution in [0.5, 0.6) is 5.75 Å². The molecule has 0 aliphatic rings. The molecule has 2 heterocycles. The van der Waals surface area contributed by atoms with Gasteiger partial charge in [-0.05, 0) is 54.8 Å². The van der Waals surface area contributed by atoms with Gasteiger partial charge < -0.3 is 19.5 Å². The Morgan fingerprint density at radius 2 is 2.07 bits per heavy atom. The van der Waals surface area contributed by atoms with E-state index in [0.29, 0.717) is 29.3 Å². The number of amides is 1. The van der Waals surface area contributed by atoms with Crippen molar-refractivity contribution in [3.05, 3.63) is 88.5 Å². The first-order valence-corrected chi connectivity index (χ1v) is 9.78. The van der Waals surface area contributed by atoms with Gasteiger partial charge in [-0.2, -0.15) is 0 Å². The highest BCUT2D eigenvalue weighted by Gasteiger charge is 2.15. The van der Waals surface area contributed by atoms with Crippen LogP contribution in [0.25, 0.3) is 10.9 Å². The number of carbonyl (C=O) groups is 1. The van der Waals surface area contributed by atoms with Gasteiger partial charge in [0.2, 0.25) is 0 Å². The number of ether oxygens (including phenoxy) is 1. The SMILES string of the molecule is Cc1ccccc1OCc1occc1C(=O)NCCc1c[nH]c2ccc(Cl)cc12.